The molecule has 0 bridgehead atoms. The molecule has 0 aliphatic heterocycles. The van der Waals surface area contributed by atoms with Crippen LogP contribution in [0.25, 0.3) is 0 Å². The minimum Gasteiger partial charge on any atom is -0.490 e. The van der Waals surface area contributed by atoms with Crippen LogP contribution in [0.5, 0.6) is 5.75 Å². The van der Waals surface area contributed by atoms with Gasteiger partial charge in [0.25, 0.3) is 0 Å². The van der Waals surface area contributed by atoms with Crippen molar-refractivity contribution in [1.29, 1.82) is 0 Å². The lowest BCUT2D eigenvalue weighted by molar-refractivity contribution is -0.906. The third-order valence-corrected chi connectivity index (χ3v) is 7.10. The molecular weight excluding hydrogens is 458 g/mol. The molecule has 0 aliphatic rings. The number of esters is 1. The standard InChI is InChI=1S/C33H52NO3/c1-5-7-8-9-10-11-12-13-17-22-31-23-18-19-24-32(31)36-25-26-37-33(35)30(6-2)28-34(3,4)27-29-20-15-14-16-21-29/h14-16,18-21,23-24,30H,5-13,17,22,25-28H2,1-4H3/q+1. The number of unbranched alkanes of at least 4 members (excludes halogenated alkanes) is 8. The second-order valence-electron chi connectivity index (χ2n) is 11.1. The number of carbonyl (C=O) groups excluding carboxylic acids is 1. The molecule has 0 N–H and O–H groups in total. The molecule has 0 saturated carbocycles. The van der Waals surface area contributed by atoms with Crippen molar-refractivity contribution in [2.24, 2.45) is 5.92 Å². The zero-order chi connectivity index (χ0) is 26.8. The molecule has 0 aliphatic carbocycles. The molecule has 1 unspecified atom stereocenters. The first kappa shape index (κ1) is 30.9. The summed E-state index contributed by atoms with van der Waals surface area (Å²) in [5.74, 6) is 0.691. The van der Waals surface area contributed by atoms with E-state index in [1.54, 1.807) is 0 Å². The van der Waals surface area contributed by atoms with Gasteiger partial charge in [-0.3, -0.25) is 4.79 Å². The van der Waals surface area contributed by atoms with Gasteiger partial charge >= 0.3 is 5.97 Å². The third-order valence-electron chi connectivity index (χ3n) is 7.10. The van der Waals surface area contributed by atoms with Gasteiger partial charge in [-0.2, -0.15) is 0 Å². The Balaban J connectivity index is 1.68. The molecule has 37 heavy (non-hydrogen) atoms. The maximum atomic E-state index is 12.8. The van der Waals surface area contributed by atoms with E-state index >= 15 is 0 Å². The first-order valence-corrected chi connectivity index (χ1v) is 14.7. The molecular formula is C33H52NO3+. The molecule has 4 nitrogen and oxygen atoms in total. The summed E-state index contributed by atoms with van der Waals surface area (Å²) in [5, 5.41) is 0. The summed E-state index contributed by atoms with van der Waals surface area (Å²) in [4.78, 5) is 12.8. The summed E-state index contributed by atoms with van der Waals surface area (Å²) in [6, 6.07) is 18.7. The molecule has 0 heterocycles. The minimum absolute atomic E-state index is 0.113. The number of nitrogens with zero attached hydrogens (tertiary/aromatic N) is 1. The van der Waals surface area contributed by atoms with Crippen LogP contribution in [0.1, 0.15) is 89.2 Å². The first-order chi connectivity index (χ1) is 17.9. The van der Waals surface area contributed by atoms with E-state index in [4.69, 9.17) is 9.47 Å². The van der Waals surface area contributed by atoms with Gasteiger partial charge < -0.3 is 14.0 Å². The van der Waals surface area contributed by atoms with E-state index in [0.29, 0.717) is 6.61 Å². The maximum absolute atomic E-state index is 12.8. The number of rotatable bonds is 20. The highest BCUT2D eigenvalue weighted by Gasteiger charge is 2.28. The van der Waals surface area contributed by atoms with Crippen LogP contribution in [0.2, 0.25) is 0 Å². The largest absolute Gasteiger partial charge is 0.490 e. The maximum Gasteiger partial charge on any atom is 0.314 e. The average molecular weight is 511 g/mol. The van der Waals surface area contributed by atoms with Gasteiger partial charge in [-0.1, -0.05) is 114 Å². The molecule has 2 rings (SSSR count). The van der Waals surface area contributed by atoms with Crippen LogP contribution in [0.4, 0.5) is 0 Å². The molecule has 4 heteroatoms. The van der Waals surface area contributed by atoms with Crippen molar-refractivity contribution in [3.05, 3.63) is 65.7 Å². The van der Waals surface area contributed by atoms with Gasteiger partial charge in [-0.15, -0.1) is 0 Å². The molecule has 0 saturated heterocycles. The number of hydrogen-bond acceptors (Lipinski definition) is 3. The average Bonchev–Trinajstić information content (AvgIpc) is 2.89. The first-order valence-electron chi connectivity index (χ1n) is 14.7. The van der Waals surface area contributed by atoms with Crippen molar-refractivity contribution in [3.8, 4) is 5.75 Å². The monoisotopic (exact) mass is 510 g/mol. The van der Waals surface area contributed by atoms with E-state index in [1.807, 2.05) is 18.2 Å². The van der Waals surface area contributed by atoms with Gasteiger partial charge in [0.15, 0.2) is 0 Å². The molecule has 2 aromatic rings. The van der Waals surface area contributed by atoms with Crippen LogP contribution in [-0.4, -0.2) is 44.3 Å². The second-order valence-corrected chi connectivity index (χ2v) is 11.1. The third kappa shape index (κ3) is 13.2. The fourth-order valence-corrected chi connectivity index (χ4v) is 5.00. The molecule has 0 amide bonds. The van der Waals surface area contributed by atoms with Gasteiger partial charge in [-0.05, 0) is 30.9 Å². The predicted octanol–water partition coefficient (Wildman–Crippen LogP) is 7.98. The Morgan fingerprint density at radius 1 is 0.784 bits per heavy atom. The number of hydrogen-bond donors (Lipinski definition) is 0. The van der Waals surface area contributed by atoms with Crippen LogP contribution >= 0.6 is 0 Å². The number of para-hydroxylation sites is 1. The van der Waals surface area contributed by atoms with Crippen molar-refractivity contribution >= 4 is 5.97 Å². The van der Waals surface area contributed by atoms with Crippen molar-refractivity contribution in [1.82, 2.24) is 0 Å². The highest BCUT2D eigenvalue weighted by molar-refractivity contribution is 5.72. The number of quaternary nitrogens is 1. The Labute approximate surface area is 227 Å². The van der Waals surface area contributed by atoms with E-state index < -0.39 is 0 Å². The van der Waals surface area contributed by atoms with Crippen molar-refractivity contribution in [3.63, 3.8) is 0 Å². The fraction of sp³-hybridized carbons (Fsp3) is 0.606. The summed E-state index contributed by atoms with van der Waals surface area (Å²) in [6.45, 7) is 6.65. The normalized spacial score (nSPS) is 12.3. The highest BCUT2D eigenvalue weighted by Crippen LogP contribution is 2.21. The van der Waals surface area contributed by atoms with Gasteiger partial charge in [0, 0.05) is 5.56 Å². The Morgan fingerprint density at radius 2 is 1.41 bits per heavy atom. The number of benzene rings is 2. The molecule has 206 valence electrons. The predicted molar refractivity (Wildman–Crippen MR) is 155 cm³/mol. The molecule has 0 radical (unpaired) electrons. The lowest BCUT2D eigenvalue weighted by Crippen LogP contribution is -2.44. The Hall–Kier alpha value is -2.33. The second kappa shape index (κ2) is 18.0. The Kier molecular flexibility index (Phi) is 15.0. The molecule has 0 aromatic heterocycles. The SMILES string of the molecule is CCCCCCCCCCCc1ccccc1OCCOC(=O)C(CC)C[N+](C)(C)Cc1ccccc1. The summed E-state index contributed by atoms with van der Waals surface area (Å²) in [7, 11) is 4.35. The molecule has 2 aromatic carbocycles. The summed E-state index contributed by atoms with van der Waals surface area (Å²) < 4.78 is 12.4. The Bertz CT molecular complexity index is 865. The summed E-state index contributed by atoms with van der Waals surface area (Å²) >= 11 is 0. The summed E-state index contributed by atoms with van der Waals surface area (Å²) in [5.41, 5.74) is 2.54. The van der Waals surface area contributed by atoms with E-state index in [0.717, 1.165) is 36.2 Å². The molecule has 1 atom stereocenters. The number of aryl methyl sites for hydroxylation is 1. The van der Waals surface area contributed by atoms with Gasteiger partial charge in [-0.25, -0.2) is 0 Å². The van der Waals surface area contributed by atoms with Crippen molar-refractivity contribution in [2.45, 2.75) is 91.0 Å². The van der Waals surface area contributed by atoms with Crippen molar-refractivity contribution in [2.75, 3.05) is 33.9 Å². The number of carbonyl (C=O) groups is 1. The van der Waals surface area contributed by atoms with Gasteiger partial charge in [0.2, 0.25) is 0 Å². The van der Waals surface area contributed by atoms with E-state index in [2.05, 4.69) is 64.3 Å². The zero-order valence-corrected chi connectivity index (χ0v) is 24.1. The minimum atomic E-state index is -0.117. The highest BCUT2D eigenvalue weighted by atomic mass is 16.6. The van der Waals surface area contributed by atoms with E-state index in [-0.39, 0.29) is 18.5 Å². The van der Waals surface area contributed by atoms with E-state index in [9.17, 15) is 4.79 Å². The van der Waals surface area contributed by atoms with Crippen LogP contribution in [0.3, 0.4) is 0 Å². The summed E-state index contributed by atoms with van der Waals surface area (Å²) in [6.07, 6.45) is 13.8. The van der Waals surface area contributed by atoms with E-state index in [1.165, 1.54) is 68.9 Å². The lowest BCUT2D eigenvalue weighted by atomic mass is 10.0. The Morgan fingerprint density at radius 3 is 2.08 bits per heavy atom. The lowest BCUT2D eigenvalue weighted by Gasteiger charge is -2.32. The van der Waals surface area contributed by atoms with Crippen molar-refractivity contribution < 1.29 is 18.8 Å². The van der Waals surface area contributed by atoms with Crippen LogP contribution in [-0.2, 0) is 22.5 Å². The van der Waals surface area contributed by atoms with Crippen LogP contribution < -0.4 is 4.74 Å². The van der Waals surface area contributed by atoms with Crippen LogP contribution in [0, 0.1) is 5.92 Å². The topological polar surface area (TPSA) is 35.5 Å². The van der Waals surface area contributed by atoms with Crippen LogP contribution in [0.15, 0.2) is 54.6 Å². The number of ether oxygens (including phenoxy) is 2. The quantitative estimate of drug-likeness (QED) is 0.103. The zero-order valence-electron chi connectivity index (χ0n) is 24.1. The van der Waals surface area contributed by atoms with Gasteiger partial charge in [0.05, 0.1) is 20.6 Å². The fourth-order valence-electron chi connectivity index (χ4n) is 5.00. The molecule has 0 fully saturated rings. The smallest absolute Gasteiger partial charge is 0.314 e. The van der Waals surface area contributed by atoms with Gasteiger partial charge in [0.1, 0.15) is 31.4 Å². The molecule has 0 spiro atoms.